The van der Waals surface area contributed by atoms with Gasteiger partial charge in [-0.15, -0.1) is 0 Å². The molecule has 2 N–H and O–H groups in total. The zero-order chi connectivity index (χ0) is 10.7. The first-order valence-corrected chi connectivity index (χ1v) is 4.99. The normalized spacial score (nSPS) is 12.5. The first-order chi connectivity index (χ1) is 6.56. The average Bonchev–Trinajstić information content (AvgIpc) is 2.17. The summed E-state index contributed by atoms with van der Waals surface area (Å²) in [4.78, 5) is 10.2. The smallest absolute Gasteiger partial charge is 0.283 e. The Morgan fingerprint density at radius 2 is 2.29 bits per heavy atom. The molecule has 1 atom stereocenters. The van der Waals surface area contributed by atoms with E-state index in [4.69, 9.17) is 5.73 Å². The second-order valence-electron chi connectivity index (χ2n) is 3.10. The third-order valence-electron chi connectivity index (χ3n) is 2.09. The molecule has 0 aromatic heterocycles. The van der Waals surface area contributed by atoms with Crippen molar-refractivity contribution in [3.63, 3.8) is 0 Å². The number of hydrogen-bond acceptors (Lipinski definition) is 3. The highest BCUT2D eigenvalue weighted by Crippen LogP contribution is 2.28. The molecular weight excluding hydrogens is 248 g/mol. The van der Waals surface area contributed by atoms with Crippen molar-refractivity contribution < 1.29 is 4.92 Å². The number of rotatable bonds is 3. The molecule has 0 aliphatic rings. The predicted octanol–water partition coefficient (Wildman–Crippen LogP) is 2.42. The molecule has 0 aliphatic heterocycles. The average molecular weight is 259 g/mol. The molecule has 0 spiro atoms. The number of hydrogen-bond donors (Lipinski definition) is 1. The van der Waals surface area contributed by atoms with E-state index in [1.807, 2.05) is 13.0 Å². The zero-order valence-electron chi connectivity index (χ0n) is 7.74. The van der Waals surface area contributed by atoms with Crippen LogP contribution in [0, 0.1) is 10.1 Å². The molecule has 0 fully saturated rings. The van der Waals surface area contributed by atoms with Gasteiger partial charge in [0.15, 0.2) is 0 Å². The molecule has 0 radical (unpaired) electrons. The molecule has 0 saturated heterocycles. The Bertz CT molecular complexity index is 355. The first kappa shape index (κ1) is 11.1. The van der Waals surface area contributed by atoms with Gasteiger partial charge in [0.1, 0.15) is 0 Å². The summed E-state index contributed by atoms with van der Waals surface area (Å²) in [6.07, 6.45) is 0. The predicted molar refractivity (Wildman–Crippen MR) is 58.3 cm³/mol. The highest BCUT2D eigenvalue weighted by Gasteiger charge is 2.14. The minimum absolute atomic E-state index is 0.0859. The minimum Gasteiger partial charge on any atom is -0.330 e. The number of halogens is 1. The Labute approximate surface area is 90.4 Å². The summed E-state index contributed by atoms with van der Waals surface area (Å²) in [7, 11) is 0. The molecule has 0 saturated carbocycles. The number of nitro groups is 1. The molecule has 0 amide bonds. The molecule has 1 aromatic rings. The molecule has 4 nitrogen and oxygen atoms in total. The van der Waals surface area contributed by atoms with Crippen LogP contribution in [0.5, 0.6) is 0 Å². The fourth-order valence-corrected chi connectivity index (χ4v) is 1.50. The van der Waals surface area contributed by atoms with Crippen molar-refractivity contribution in [1.82, 2.24) is 0 Å². The van der Waals surface area contributed by atoms with E-state index in [0.717, 1.165) is 5.56 Å². The third-order valence-corrected chi connectivity index (χ3v) is 2.76. The molecule has 5 heteroatoms. The van der Waals surface area contributed by atoms with Gasteiger partial charge in [0.05, 0.1) is 9.40 Å². The van der Waals surface area contributed by atoms with Crippen LogP contribution in [0.25, 0.3) is 0 Å². The van der Waals surface area contributed by atoms with Crippen molar-refractivity contribution >= 4 is 21.6 Å². The van der Waals surface area contributed by atoms with Crippen molar-refractivity contribution in [3.8, 4) is 0 Å². The van der Waals surface area contributed by atoms with E-state index in [0.29, 0.717) is 11.0 Å². The van der Waals surface area contributed by atoms with Crippen LogP contribution in [0.2, 0.25) is 0 Å². The van der Waals surface area contributed by atoms with E-state index in [1.165, 1.54) is 0 Å². The van der Waals surface area contributed by atoms with Crippen molar-refractivity contribution in [3.05, 3.63) is 38.3 Å². The van der Waals surface area contributed by atoms with E-state index in [9.17, 15) is 10.1 Å². The second kappa shape index (κ2) is 4.52. The van der Waals surface area contributed by atoms with Crippen molar-refractivity contribution in [1.29, 1.82) is 0 Å². The lowest BCUT2D eigenvalue weighted by Crippen LogP contribution is -2.09. The summed E-state index contributed by atoms with van der Waals surface area (Å²) < 4.78 is 0.496. The summed E-state index contributed by atoms with van der Waals surface area (Å²) >= 11 is 3.13. The highest BCUT2D eigenvalue weighted by atomic mass is 79.9. The van der Waals surface area contributed by atoms with E-state index in [2.05, 4.69) is 15.9 Å². The lowest BCUT2D eigenvalue weighted by Gasteiger charge is -2.08. The number of benzene rings is 1. The Morgan fingerprint density at radius 3 is 2.79 bits per heavy atom. The summed E-state index contributed by atoms with van der Waals surface area (Å²) in [5.41, 5.74) is 6.46. The number of nitrogens with zero attached hydrogens (tertiary/aromatic N) is 1. The van der Waals surface area contributed by atoms with Gasteiger partial charge in [0.25, 0.3) is 5.69 Å². The number of nitrogens with two attached hydrogens (primary N) is 1. The van der Waals surface area contributed by atoms with Crippen LogP contribution >= 0.6 is 15.9 Å². The van der Waals surface area contributed by atoms with Gasteiger partial charge in [0.2, 0.25) is 0 Å². The van der Waals surface area contributed by atoms with E-state index in [1.54, 1.807) is 12.1 Å². The maximum atomic E-state index is 10.6. The monoisotopic (exact) mass is 258 g/mol. The lowest BCUT2D eigenvalue weighted by atomic mass is 10.0. The second-order valence-corrected chi connectivity index (χ2v) is 3.96. The Balaban J connectivity index is 3.12. The van der Waals surface area contributed by atoms with Crippen LogP contribution in [0.3, 0.4) is 0 Å². The molecule has 0 aliphatic carbocycles. The van der Waals surface area contributed by atoms with Gasteiger partial charge in [-0.2, -0.15) is 0 Å². The van der Waals surface area contributed by atoms with E-state index < -0.39 is 4.92 Å². The molecule has 0 bridgehead atoms. The first-order valence-electron chi connectivity index (χ1n) is 4.20. The summed E-state index contributed by atoms with van der Waals surface area (Å²) in [6, 6.07) is 5.08. The van der Waals surface area contributed by atoms with Crippen LogP contribution in [0.15, 0.2) is 22.7 Å². The van der Waals surface area contributed by atoms with Crippen molar-refractivity contribution in [2.24, 2.45) is 5.73 Å². The van der Waals surface area contributed by atoms with Crippen LogP contribution < -0.4 is 5.73 Å². The van der Waals surface area contributed by atoms with Gasteiger partial charge < -0.3 is 5.73 Å². The molecule has 1 unspecified atom stereocenters. The van der Waals surface area contributed by atoms with Crippen LogP contribution in [-0.2, 0) is 0 Å². The molecule has 1 rings (SSSR count). The van der Waals surface area contributed by atoms with Gasteiger partial charge in [-0.3, -0.25) is 10.1 Å². The summed E-state index contributed by atoms with van der Waals surface area (Å²) in [6.45, 7) is 2.42. The van der Waals surface area contributed by atoms with Gasteiger partial charge in [-0.25, -0.2) is 0 Å². The SMILES string of the molecule is CC(CN)c1ccc(Br)c([N+](=O)[O-])c1. The minimum atomic E-state index is -0.406. The van der Waals surface area contributed by atoms with E-state index in [-0.39, 0.29) is 11.6 Å². The largest absolute Gasteiger partial charge is 0.330 e. The van der Waals surface area contributed by atoms with Crippen molar-refractivity contribution in [2.75, 3.05) is 6.54 Å². The standard InChI is InChI=1S/C9H11BrN2O2/c1-6(5-11)7-2-3-8(10)9(4-7)12(13)14/h2-4,6H,5,11H2,1H3. The summed E-state index contributed by atoms with van der Waals surface area (Å²) in [5.74, 6) is 0.141. The molecule has 14 heavy (non-hydrogen) atoms. The maximum absolute atomic E-state index is 10.6. The van der Waals surface area contributed by atoms with Crippen LogP contribution in [0.4, 0.5) is 5.69 Å². The quantitative estimate of drug-likeness (QED) is 0.669. The van der Waals surface area contributed by atoms with Gasteiger partial charge in [-0.1, -0.05) is 13.0 Å². The topological polar surface area (TPSA) is 69.2 Å². The molecule has 0 heterocycles. The van der Waals surface area contributed by atoms with Gasteiger partial charge in [0, 0.05) is 6.07 Å². The third kappa shape index (κ3) is 2.30. The Hall–Kier alpha value is -0.940. The molecule has 76 valence electrons. The van der Waals surface area contributed by atoms with E-state index >= 15 is 0 Å². The maximum Gasteiger partial charge on any atom is 0.283 e. The van der Waals surface area contributed by atoms with Gasteiger partial charge in [-0.05, 0) is 40.0 Å². The van der Waals surface area contributed by atoms with Crippen LogP contribution in [-0.4, -0.2) is 11.5 Å². The Kier molecular flexibility index (Phi) is 3.60. The van der Waals surface area contributed by atoms with Crippen molar-refractivity contribution in [2.45, 2.75) is 12.8 Å². The lowest BCUT2D eigenvalue weighted by molar-refractivity contribution is -0.385. The molecule has 1 aromatic carbocycles. The van der Waals surface area contributed by atoms with Gasteiger partial charge >= 0.3 is 0 Å². The Morgan fingerprint density at radius 1 is 1.64 bits per heavy atom. The highest BCUT2D eigenvalue weighted by molar-refractivity contribution is 9.10. The fraction of sp³-hybridized carbons (Fsp3) is 0.333. The molecular formula is C9H11BrN2O2. The van der Waals surface area contributed by atoms with Crippen LogP contribution in [0.1, 0.15) is 18.4 Å². The zero-order valence-corrected chi connectivity index (χ0v) is 9.32. The summed E-state index contributed by atoms with van der Waals surface area (Å²) in [5, 5.41) is 10.6. The fourth-order valence-electron chi connectivity index (χ4n) is 1.11. The number of nitro benzene ring substituents is 1.